The summed E-state index contributed by atoms with van der Waals surface area (Å²) < 4.78 is 0. The van der Waals surface area contributed by atoms with Gasteiger partial charge in [-0.25, -0.2) is 0 Å². The van der Waals surface area contributed by atoms with E-state index in [0.717, 1.165) is 38.6 Å². The highest BCUT2D eigenvalue weighted by molar-refractivity contribution is 5.76. The van der Waals surface area contributed by atoms with E-state index in [0.29, 0.717) is 18.8 Å². The quantitative estimate of drug-likeness (QED) is 0.0613. The average molecular weight is 733 g/mol. The molecular formula is C48H96N2O2. The predicted octanol–water partition coefficient (Wildman–Crippen LogP) is 15.5. The van der Waals surface area contributed by atoms with E-state index >= 15 is 0 Å². The Morgan fingerprint density at radius 1 is 0.365 bits per heavy atom. The maximum absolute atomic E-state index is 12.6. The molecule has 0 rings (SSSR count). The van der Waals surface area contributed by atoms with E-state index in [4.69, 9.17) is 0 Å². The van der Waals surface area contributed by atoms with Crippen LogP contribution in [-0.4, -0.2) is 24.4 Å². The number of hydrogen-bond donors (Lipinski definition) is 2. The summed E-state index contributed by atoms with van der Waals surface area (Å²) in [6, 6.07) is 0.240. The summed E-state index contributed by atoms with van der Waals surface area (Å²) in [5.41, 5.74) is 0. The molecule has 0 aliphatic rings. The van der Waals surface area contributed by atoms with Gasteiger partial charge in [-0.2, -0.15) is 0 Å². The van der Waals surface area contributed by atoms with Crippen LogP contribution in [0.4, 0.5) is 0 Å². The van der Waals surface area contributed by atoms with E-state index in [1.807, 2.05) is 0 Å². The number of unbranched alkanes of at least 4 members (excludes halogenated alkanes) is 33. The van der Waals surface area contributed by atoms with Gasteiger partial charge in [0.1, 0.15) is 0 Å². The summed E-state index contributed by atoms with van der Waals surface area (Å²) in [5, 5.41) is 6.45. The second-order valence-electron chi connectivity index (χ2n) is 17.1. The van der Waals surface area contributed by atoms with Crippen LogP contribution in [-0.2, 0) is 9.59 Å². The minimum Gasteiger partial charge on any atom is -0.356 e. The Morgan fingerprint density at radius 2 is 0.654 bits per heavy atom. The largest absolute Gasteiger partial charge is 0.356 e. The molecule has 2 N–H and O–H groups in total. The van der Waals surface area contributed by atoms with Gasteiger partial charge in [0.2, 0.25) is 11.8 Å². The van der Waals surface area contributed by atoms with Crippen LogP contribution in [0.25, 0.3) is 0 Å². The summed E-state index contributed by atoms with van der Waals surface area (Å²) in [5.74, 6) is 0.875. The molecule has 0 heterocycles. The molecule has 0 aliphatic heterocycles. The minimum absolute atomic E-state index is 0.212. The molecule has 4 nitrogen and oxygen atoms in total. The summed E-state index contributed by atoms with van der Waals surface area (Å²) in [4.78, 5) is 24.9. The molecule has 0 aromatic heterocycles. The molecule has 0 aromatic rings. The Kier molecular flexibility index (Phi) is 41.8. The van der Waals surface area contributed by atoms with Crippen LogP contribution >= 0.6 is 0 Å². The van der Waals surface area contributed by atoms with Crippen LogP contribution in [0.2, 0.25) is 0 Å². The monoisotopic (exact) mass is 733 g/mol. The molecular weight excluding hydrogens is 637 g/mol. The lowest BCUT2D eigenvalue weighted by Crippen LogP contribution is -2.38. The Morgan fingerprint density at radius 3 is 0.962 bits per heavy atom. The zero-order valence-electron chi connectivity index (χ0n) is 36.3. The highest BCUT2D eigenvalue weighted by atomic mass is 16.2. The van der Waals surface area contributed by atoms with Gasteiger partial charge in [0.05, 0.1) is 0 Å². The smallest absolute Gasteiger partial charge is 0.220 e. The van der Waals surface area contributed by atoms with Gasteiger partial charge in [-0.15, -0.1) is 0 Å². The van der Waals surface area contributed by atoms with Gasteiger partial charge in [0, 0.05) is 25.4 Å². The molecule has 0 unspecified atom stereocenters. The first kappa shape index (κ1) is 50.9. The number of hydrogen-bond acceptors (Lipinski definition) is 2. The highest BCUT2D eigenvalue weighted by Gasteiger charge is 2.15. The Bertz CT molecular complexity index is 723. The molecule has 0 radical (unpaired) electrons. The van der Waals surface area contributed by atoms with Crippen molar-refractivity contribution in [1.29, 1.82) is 0 Å². The van der Waals surface area contributed by atoms with Crippen LogP contribution < -0.4 is 10.6 Å². The molecule has 2 amide bonds. The third-order valence-corrected chi connectivity index (χ3v) is 11.4. The van der Waals surface area contributed by atoms with Gasteiger partial charge < -0.3 is 10.6 Å². The van der Waals surface area contributed by atoms with Crippen LogP contribution in [0, 0.1) is 5.92 Å². The summed E-state index contributed by atoms with van der Waals surface area (Å²) in [7, 11) is 0. The van der Waals surface area contributed by atoms with Crippen molar-refractivity contribution in [2.24, 2.45) is 5.92 Å². The van der Waals surface area contributed by atoms with E-state index in [1.54, 1.807) is 0 Å². The maximum Gasteiger partial charge on any atom is 0.220 e. The van der Waals surface area contributed by atoms with Gasteiger partial charge in [0.15, 0.2) is 0 Å². The molecule has 0 saturated carbocycles. The van der Waals surface area contributed by atoms with E-state index < -0.39 is 0 Å². The number of nitrogens with one attached hydrogen (secondary N) is 2. The third kappa shape index (κ3) is 40.1. The van der Waals surface area contributed by atoms with E-state index in [9.17, 15) is 9.59 Å². The number of carbonyl (C=O) groups excluding carboxylic acids is 2. The van der Waals surface area contributed by atoms with Crippen molar-refractivity contribution in [3.8, 4) is 0 Å². The molecule has 0 fully saturated rings. The molecule has 0 aliphatic carbocycles. The summed E-state index contributed by atoms with van der Waals surface area (Å²) in [6.07, 6.45) is 50.8. The second-order valence-corrected chi connectivity index (χ2v) is 17.1. The molecule has 0 spiro atoms. The van der Waals surface area contributed by atoms with Crippen LogP contribution in [0.15, 0.2) is 0 Å². The second kappa shape index (κ2) is 42.7. The van der Waals surface area contributed by atoms with Crippen molar-refractivity contribution in [1.82, 2.24) is 10.6 Å². The normalized spacial score (nSPS) is 12.1. The van der Waals surface area contributed by atoms with Crippen LogP contribution in [0.1, 0.15) is 278 Å². The van der Waals surface area contributed by atoms with Crippen molar-refractivity contribution in [3.63, 3.8) is 0 Å². The maximum atomic E-state index is 12.6. The topological polar surface area (TPSA) is 58.2 Å². The average Bonchev–Trinajstić information content (AvgIpc) is 3.13. The van der Waals surface area contributed by atoms with Crippen molar-refractivity contribution in [3.05, 3.63) is 0 Å². The van der Waals surface area contributed by atoms with Crippen molar-refractivity contribution >= 4 is 11.8 Å². The van der Waals surface area contributed by atoms with Gasteiger partial charge in [-0.3, -0.25) is 9.59 Å². The van der Waals surface area contributed by atoms with Gasteiger partial charge in [0.25, 0.3) is 0 Å². The first-order valence-electron chi connectivity index (χ1n) is 24.1. The fourth-order valence-corrected chi connectivity index (χ4v) is 7.68. The van der Waals surface area contributed by atoms with Gasteiger partial charge in [-0.05, 0) is 38.0 Å². The lowest BCUT2D eigenvalue weighted by atomic mass is 9.98. The lowest BCUT2D eigenvalue weighted by Gasteiger charge is -2.22. The minimum atomic E-state index is 0.212. The molecule has 0 saturated heterocycles. The van der Waals surface area contributed by atoms with E-state index in [-0.39, 0.29) is 17.9 Å². The molecule has 310 valence electrons. The highest BCUT2D eigenvalue weighted by Crippen LogP contribution is 2.17. The van der Waals surface area contributed by atoms with E-state index in [2.05, 4.69) is 38.3 Å². The SMILES string of the molecule is CCCCCCCCCCCCCCCCCCCC(=O)NCCCC[C@H](NC(=O)CCCCCCCCCCCCCCCCCCC)C(C)C. The van der Waals surface area contributed by atoms with Crippen LogP contribution in [0.3, 0.4) is 0 Å². The van der Waals surface area contributed by atoms with Crippen molar-refractivity contribution in [2.45, 2.75) is 284 Å². The molecule has 0 bridgehead atoms. The lowest BCUT2D eigenvalue weighted by molar-refractivity contribution is -0.122. The van der Waals surface area contributed by atoms with E-state index in [1.165, 1.54) is 205 Å². The zero-order chi connectivity index (χ0) is 38.0. The zero-order valence-corrected chi connectivity index (χ0v) is 36.3. The number of rotatable bonds is 43. The standard InChI is InChI=1S/C48H96N2O2/c1-5-7-9-11-13-15-17-19-21-23-25-27-29-31-33-35-37-42-47(51)49-44-40-39-41-46(45(3)4)50-48(52)43-38-36-34-32-30-28-26-24-22-20-18-16-14-12-10-8-6-2/h45-46H,5-44H2,1-4H3,(H,49,51)(H,50,52)/t46-/m0/s1. The molecule has 4 heteroatoms. The summed E-state index contributed by atoms with van der Waals surface area (Å²) in [6.45, 7) is 9.76. The number of carbonyl (C=O) groups is 2. The molecule has 1 atom stereocenters. The fourth-order valence-electron chi connectivity index (χ4n) is 7.68. The predicted molar refractivity (Wildman–Crippen MR) is 231 cm³/mol. The number of amides is 2. The Balaban J connectivity index is 3.53. The van der Waals surface area contributed by atoms with Gasteiger partial charge in [-0.1, -0.05) is 233 Å². The van der Waals surface area contributed by atoms with Gasteiger partial charge >= 0.3 is 0 Å². The Hall–Kier alpha value is -1.06. The van der Waals surface area contributed by atoms with Crippen molar-refractivity contribution in [2.75, 3.05) is 6.54 Å². The third-order valence-electron chi connectivity index (χ3n) is 11.4. The van der Waals surface area contributed by atoms with Crippen molar-refractivity contribution < 1.29 is 9.59 Å². The molecule has 52 heavy (non-hydrogen) atoms. The summed E-state index contributed by atoms with van der Waals surface area (Å²) >= 11 is 0. The molecule has 0 aromatic carbocycles. The van der Waals surface area contributed by atoms with Crippen LogP contribution in [0.5, 0.6) is 0 Å². The fraction of sp³-hybridized carbons (Fsp3) is 0.958. The first-order valence-corrected chi connectivity index (χ1v) is 24.1. The Labute approximate surface area is 327 Å². The first-order chi connectivity index (χ1) is 25.5.